The number of halogens is 1. The Balaban J connectivity index is 1.52. The van der Waals surface area contributed by atoms with E-state index in [-0.39, 0.29) is 5.41 Å². The Morgan fingerprint density at radius 1 is 0.513 bits per heavy atom. The fraction of sp³-hybridized carbons (Fsp3) is 0.0571. The van der Waals surface area contributed by atoms with E-state index >= 15 is 0 Å². The van der Waals surface area contributed by atoms with Crippen molar-refractivity contribution in [2.75, 3.05) is 0 Å². The number of nitrogens with zero attached hydrogens (tertiary/aromatic N) is 3. The topological polar surface area (TPSA) is 38.7 Å². The number of benzene rings is 5. The average molecular weight is 567 g/mol. The Bertz CT molecular complexity index is 1760. The van der Waals surface area contributed by atoms with Gasteiger partial charge in [0.05, 0.1) is 0 Å². The molecule has 1 aliphatic rings. The van der Waals surface area contributed by atoms with E-state index in [0.717, 1.165) is 21.2 Å². The van der Waals surface area contributed by atoms with Gasteiger partial charge >= 0.3 is 0 Å². The quantitative estimate of drug-likeness (QED) is 0.214. The molecule has 39 heavy (non-hydrogen) atoms. The van der Waals surface area contributed by atoms with Gasteiger partial charge < -0.3 is 0 Å². The second-order valence-corrected chi connectivity index (χ2v) is 10.9. The van der Waals surface area contributed by atoms with Crippen LogP contribution in [0.25, 0.3) is 45.3 Å². The van der Waals surface area contributed by atoms with Crippen LogP contribution >= 0.6 is 15.9 Å². The van der Waals surface area contributed by atoms with Gasteiger partial charge in [0, 0.05) is 26.6 Å². The SMILES string of the molecule is C[C@@]1(c2ccccc2)c2cc(Br)ccc2-c2c(-c3nc(-c4ccccc4)nc(-c4ccccc4)n3)cccc21. The van der Waals surface area contributed by atoms with Crippen molar-refractivity contribution in [3.63, 3.8) is 0 Å². The summed E-state index contributed by atoms with van der Waals surface area (Å²) in [5.41, 5.74) is 8.78. The highest BCUT2D eigenvalue weighted by atomic mass is 79.9. The van der Waals surface area contributed by atoms with E-state index in [1.165, 1.54) is 27.8 Å². The largest absolute Gasteiger partial charge is 0.208 e. The lowest BCUT2D eigenvalue weighted by Gasteiger charge is -2.28. The predicted molar refractivity (Wildman–Crippen MR) is 161 cm³/mol. The molecule has 1 aliphatic carbocycles. The van der Waals surface area contributed by atoms with Gasteiger partial charge in [-0.2, -0.15) is 0 Å². The minimum Gasteiger partial charge on any atom is -0.208 e. The molecule has 7 rings (SSSR count). The summed E-state index contributed by atoms with van der Waals surface area (Å²) in [7, 11) is 0. The van der Waals surface area contributed by atoms with Crippen LogP contribution in [0.2, 0.25) is 0 Å². The van der Waals surface area contributed by atoms with Crippen molar-refractivity contribution in [3.8, 4) is 45.3 Å². The zero-order valence-corrected chi connectivity index (χ0v) is 22.9. The number of hydrogen-bond donors (Lipinski definition) is 0. The van der Waals surface area contributed by atoms with E-state index in [0.29, 0.717) is 17.5 Å². The van der Waals surface area contributed by atoms with Crippen molar-refractivity contribution in [1.29, 1.82) is 0 Å². The van der Waals surface area contributed by atoms with Gasteiger partial charge in [0.15, 0.2) is 17.5 Å². The zero-order valence-electron chi connectivity index (χ0n) is 21.3. The van der Waals surface area contributed by atoms with Gasteiger partial charge in [0.25, 0.3) is 0 Å². The molecule has 0 bridgehead atoms. The monoisotopic (exact) mass is 565 g/mol. The molecule has 1 heterocycles. The van der Waals surface area contributed by atoms with Crippen LogP contribution in [0.4, 0.5) is 0 Å². The first kappa shape index (κ1) is 23.7. The van der Waals surface area contributed by atoms with Gasteiger partial charge in [0.2, 0.25) is 0 Å². The van der Waals surface area contributed by atoms with Crippen LogP contribution in [0.3, 0.4) is 0 Å². The predicted octanol–water partition coefficient (Wildman–Crippen LogP) is 8.97. The number of fused-ring (bicyclic) bond motifs is 3. The molecule has 0 N–H and O–H groups in total. The average Bonchev–Trinajstić information content (AvgIpc) is 3.26. The van der Waals surface area contributed by atoms with Crippen LogP contribution in [0.15, 0.2) is 132 Å². The minimum absolute atomic E-state index is 0.316. The van der Waals surface area contributed by atoms with E-state index in [1.807, 2.05) is 60.7 Å². The molecule has 0 aliphatic heterocycles. The van der Waals surface area contributed by atoms with Crippen LogP contribution in [0.1, 0.15) is 23.6 Å². The molecule has 0 spiro atoms. The molecule has 4 heteroatoms. The summed E-state index contributed by atoms with van der Waals surface area (Å²) in [6.45, 7) is 2.32. The first-order valence-corrected chi connectivity index (χ1v) is 13.8. The number of rotatable bonds is 4. The number of aromatic nitrogens is 3. The maximum Gasteiger partial charge on any atom is 0.164 e. The molecule has 3 nitrogen and oxygen atoms in total. The second kappa shape index (κ2) is 9.40. The van der Waals surface area contributed by atoms with Gasteiger partial charge in [-0.15, -0.1) is 0 Å². The highest BCUT2D eigenvalue weighted by molar-refractivity contribution is 9.10. The third-order valence-electron chi connectivity index (χ3n) is 7.68. The lowest BCUT2D eigenvalue weighted by atomic mass is 9.74. The Morgan fingerprint density at radius 2 is 1.08 bits per heavy atom. The summed E-state index contributed by atoms with van der Waals surface area (Å²) in [5, 5.41) is 0. The fourth-order valence-corrected chi connectivity index (χ4v) is 6.11. The Morgan fingerprint density at radius 3 is 1.69 bits per heavy atom. The molecule has 0 unspecified atom stereocenters. The highest BCUT2D eigenvalue weighted by Gasteiger charge is 2.42. The lowest BCUT2D eigenvalue weighted by molar-refractivity contribution is 0.713. The van der Waals surface area contributed by atoms with Crippen LogP contribution in [-0.2, 0) is 5.41 Å². The molecule has 186 valence electrons. The van der Waals surface area contributed by atoms with Gasteiger partial charge in [0.1, 0.15) is 0 Å². The van der Waals surface area contributed by atoms with E-state index < -0.39 is 0 Å². The van der Waals surface area contributed by atoms with Gasteiger partial charge in [-0.25, -0.2) is 15.0 Å². The Kier molecular flexibility index (Phi) is 5.71. The minimum atomic E-state index is -0.316. The molecule has 1 atom stereocenters. The number of hydrogen-bond acceptors (Lipinski definition) is 3. The fourth-order valence-electron chi connectivity index (χ4n) is 5.75. The molecule has 0 amide bonds. The zero-order chi connectivity index (χ0) is 26.4. The maximum atomic E-state index is 5.06. The van der Waals surface area contributed by atoms with Crippen molar-refractivity contribution in [3.05, 3.63) is 149 Å². The van der Waals surface area contributed by atoms with Crippen LogP contribution in [-0.4, -0.2) is 15.0 Å². The van der Waals surface area contributed by atoms with Gasteiger partial charge in [-0.1, -0.05) is 131 Å². The summed E-state index contributed by atoms with van der Waals surface area (Å²) >= 11 is 3.74. The Labute approximate surface area is 236 Å². The smallest absolute Gasteiger partial charge is 0.164 e. The van der Waals surface area contributed by atoms with Crippen molar-refractivity contribution in [2.45, 2.75) is 12.3 Å². The summed E-state index contributed by atoms with van der Waals surface area (Å²) in [4.78, 5) is 15.0. The third-order valence-corrected chi connectivity index (χ3v) is 8.18. The van der Waals surface area contributed by atoms with Crippen LogP contribution < -0.4 is 0 Å². The maximum absolute atomic E-state index is 5.06. The van der Waals surface area contributed by atoms with Gasteiger partial charge in [-0.3, -0.25) is 0 Å². The van der Waals surface area contributed by atoms with E-state index in [2.05, 4.69) is 89.6 Å². The van der Waals surface area contributed by atoms with Crippen molar-refractivity contribution in [1.82, 2.24) is 15.0 Å². The van der Waals surface area contributed by atoms with E-state index in [4.69, 9.17) is 15.0 Å². The highest BCUT2D eigenvalue weighted by Crippen LogP contribution is 2.55. The van der Waals surface area contributed by atoms with Crippen molar-refractivity contribution in [2.24, 2.45) is 0 Å². The molecular weight excluding hydrogens is 542 g/mol. The van der Waals surface area contributed by atoms with Crippen molar-refractivity contribution >= 4 is 15.9 Å². The normalized spacial score (nSPS) is 15.5. The molecule has 1 aromatic heterocycles. The summed E-state index contributed by atoms with van der Waals surface area (Å²) < 4.78 is 1.07. The van der Waals surface area contributed by atoms with E-state index in [9.17, 15) is 0 Å². The standard InChI is InChI=1S/C35H24BrN3/c1-35(25-16-9-4-10-17-25)29-19-11-18-28(31(29)27-21-20-26(36)22-30(27)35)34-38-32(23-12-5-2-6-13-23)37-33(39-34)24-14-7-3-8-15-24/h2-22H,1H3/t35-/m0/s1. The lowest BCUT2D eigenvalue weighted by Crippen LogP contribution is -2.22. The summed E-state index contributed by atoms with van der Waals surface area (Å²) in [6.07, 6.45) is 0. The molecule has 6 aromatic rings. The van der Waals surface area contributed by atoms with Crippen LogP contribution in [0, 0.1) is 0 Å². The Hall–Kier alpha value is -4.41. The third kappa shape index (κ3) is 3.91. The molecule has 0 saturated heterocycles. The van der Waals surface area contributed by atoms with Crippen LogP contribution in [0.5, 0.6) is 0 Å². The molecule has 0 radical (unpaired) electrons. The first-order chi connectivity index (χ1) is 19.1. The molecular formula is C35H24BrN3. The second-order valence-electron chi connectivity index (χ2n) is 9.95. The first-order valence-electron chi connectivity index (χ1n) is 13.0. The molecule has 5 aromatic carbocycles. The summed E-state index contributed by atoms with van der Waals surface area (Å²) in [6, 6.07) is 44.1. The summed E-state index contributed by atoms with van der Waals surface area (Å²) in [5.74, 6) is 2.00. The van der Waals surface area contributed by atoms with Gasteiger partial charge in [-0.05, 0) is 46.9 Å². The van der Waals surface area contributed by atoms with Crippen molar-refractivity contribution < 1.29 is 0 Å². The molecule has 0 saturated carbocycles. The van der Waals surface area contributed by atoms with E-state index in [1.54, 1.807) is 0 Å². The molecule has 0 fully saturated rings.